The van der Waals surface area contributed by atoms with Gasteiger partial charge < -0.3 is 5.73 Å². The smallest absolute Gasteiger partial charge is 0.0146 e. The third-order valence-corrected chi connectivity index (χ3v) is 4.25. The summed E-state index contributed by atoms with van der Waals surface area (Å²) in [5.41, 5.74) is 13.2. The van der Waals surface area contributed by atoms with E-state index in [-0.39, 0.29) is 6.04 Å². The molecular weight excluding hydrogens is 242 g/mol. The molecule has 0 aliphatic heterocycles. The zero-order chi connectivity index (χ0) is 14.7. The first kappa shape index (κ1) is 14.8. The summed E-state index contributed by atoms with van der Waals surface area (Å²) in [6, 6.07) is 15.2. The summed E-state index contributed by atoms with van der Waals surface area (Å²) in [7, 11) is 0. The van der Waals surface area contributed by atoms with Gasteiger partial charge in [-0.2, -0.15) is 0 Å². The molecule has 2 aromatic carbocycles. The largest absolute Gasteiger partial charge is 0.327 e. The molecule has 1 heteroatoms. The van der Waals surface area contributed by atoms with E-state index in [4.69, 9.17) is 5.73 Å². The van der Waals surface area contributed by atoms with Crippen molar-refractivity contribution in [3.8, 4) is 0 Å². The molecule has 0 aliphatic rings. The van der Waals surface area contributed by atoms with Gasteiger partial charge in [0.15, 0.2) is 0 Å². The fourth-order valence-corrected chi connectivity index (χ4v) is 2.95. The normalized spacial score (nSPS) is 14.1. The van der Waals surface area contributed by atoms with Crippen molar-refractivity contribution in [2.45, 2.75) is 46.1 Å². The van der Waals surface area contributed by atoms with Gasteiger partial charge in [-0.05, 0) is 55.4 Å². The average Bonchev–Trinajstić information content (AvgIpc) is 2.42. The third kappa shape index (κ3) is 3.29. The van der Waals surface area contributed by atoms with Crippen LogP contribution in [0.3, 0.4) is 0 Å². The predicted octanol–water partition coefficient (Wildman–Crippen LogP) is 4.29. The molecule has 0 aromatic heterocycles. The van der Waals surface area contributed by atoms with Crippen molar-refractivity contribution in [3.63, 3.8) is 0 Å². The Kier molecular flexibility index (Phi) is 4.61. The molecule has 1 nitrogen and oxygen atoms in total. The van der Waals surface area contributed by atoms with Crippen molar-refractivity contribution in [1.29, 1.82) is 0 Å². The number of benzene rings is 2. The Morgan fingerprint density at radius 2 is 1.50 bits per heavy atom. The Balaban J connectivity index is 2.18. The molecule has 0 amide bonds. The zero-order valence-corrected chi connectivity index (χ0v) is 13.0. The van der Waals surface area contributed by atoms with Crippen molar-refractivity contribution in [1.82, 2.24) is 0 Å². The number of aryl methyl sites for hydroxylation is 3. The maximum absolute atomic E-state index is 6.46. The molecule has 106 valence electrons. The van der Waals surface area contributed by atoms with Crippen LogP contribution in [0.1, 0.15) is 40.7 Å². The van der Waals surface area contributed by atoms with Crippen LogP contribution in [0.4, 0.5) is 0 Å². The van der Waals surface area contributed by atoms with E-state index in [0.29, 0.717) is 5.92 Å². The molecule has 2 atom stereocenters. The molecule has 0 radical (unpaired) electrons. The molecular formula is C19H25N. The van der Waals surface area contributed by atoms with Crippen LogP contribution in [-0.4, -0.2) is 6.04 Å². The molecule has 2 unspecified atom stereocenters. The van der Waals surface area contributed by atoms with E-state index in [9.17, 15) is 0 Å². The van der Waals surface area contributed by atoms with Crippen LogP contribution < -0.4 is 5.73 Å². The van der Waals surface area contributed by atoms with Gasteiger partial charge in [0, 0.05) is 6.04 Å². The van der Waals surface area contributed by atoms with Crippen LogP contribution in [0.25, 0.3) is 0 Å². The van der Waals surface area contributed by atoms with E-state index >= 15 is 0 Å². The first-order valence-corrected chi connectivity index (χ1v) is 7.36. The Bertz CT molecular complexity index is 549. The van der Waals surface area contributed by atoms with Crippen molar-refractivity contribution < 1.29 is 0 Å². The Labute approximate surface area is 122 Å². The van der Waals surface area contributed by atoms with Gasteiger partial charge in [0.1, 0.15) is 0 Å². The van der Waals surface area contributed by atoms with Crippen LogP contribution in [0, 0.1) is 20.8 Å². The summed E-state index contributed by atoms with van der Waals surface area (Å²) < 4.78 is 0. The van der Waals surface area contributed by atoms with Crippen LogP contribution in [0.2, 0.25) is 0 Å². The Morgan fingerprint density at radius 3 is 2.05 bits per heavy atom. The SMILES string of the molecule is Cc1cc(C)c(CC(N)C(C)c2ccccc2)c(C)c1. The molecule has 0 bridgehead atoms. The van der Waals surface area contributed by atoms with Gasteiger partial charge >= 0.3 is 0 Å². The van der Waals surface area contributed by atoms with Gasteiger partial charge in [0.05, 0.1) is 0 Å². The van der Waals surface area contributed by atoms with Crippen molar-refractivity contribution >= 4 is 0 Å². The molecule has 2 rings (SSSR count). The van der Waals surface area contributed by atoms with Gasteiger partial charge in [-0.25, -0.2) is 0 Å². The molecule has 2 aromatic rings. The quantitative estimate of drug-likeness (QED) is 0.879. The second kappa shape index (κ2) is 6.23. The fourth-order valence-electron chi connectivity index (χ4n) is 2.95. The number of nitrogens with two attached hydrogens (primary N) is 1. The minimum atomic E-state index is 0.150. The van der Waals surface area contributed by atoms with E-state index in [0.717, 1.165) is 6.42 Å². The fraction of sp³-hybridized carbons (Fsp3) is 0.368. The second-order valence-corrected chi connectivity index (χ2v) is 5.94. The predicted molar refractivity (Wildman–Crippen MR) is 87.2 cm³/mol. The molecule has 0 saturated carbocycles. The number of rotatable bonds is 4. The molecule has 0 aliphatic carbocycles. The van der Waals surface area contributed by atoms with Gasteiger partial charge in [0.25, 0.3) is 0 Å². The van der Waals surface area contributed by atoms with Crippen molar-refractivity contribution in [2.75, 3.05) is 0 Å². The number of hydrogen-bond donors (Lipinski definition) is 1. The summed E-state index contributed by atoms with van der Waals surface area (Å²) in [4.78, 5) is 0. The summed E-state index contributed by atoms with van der Waals surface area (Å²) in [5.74, 6) is 0.372. The zero-order valence-electron chi connectivity index (χ0n) is 13.0. The van der Waals surface area contributed by atoms with Crippen LogP contribution in [0.15, 0.2) is 42.5 Å². The lowest BCUT2D eigenvalue weighted by atomic mass is 9.87. The monoisotopic (exact) mass is 267 g/mol. The first-order chi connectivity index (χ1) is 9.49. The van der Waals surface area contributed by atoms with Gasteiger partial charge in [0.2, 0.25) is 0 Å². The molecule has 20 heavy (non-hydrogen) atoms. The van der Waals surface area contributed by atoms with Gasteiger partial charge in [-0.1, -0.05) is 55.0 Å². The van der Waals surface area contributed by atoms with Crippen molar-refractivity contribution in [2.24, 2.45) is 5.73 Å². The minimum Gasteiger partial charge on any atom is -0.327 e. The summed E-state index contributed by atoms with van der Waals surface area (Å²) in [6.07, 6.45) is 0.938. The highest BCUT2D eigenvalue weighted by atomic mass is 14.6. The second-order valence-electron chi connectivity index (χ2n) is 5.94. The van der Waals surface area contributed by atoms with E-state index in [1.165, 1.54) is 27.8 Å². The first-order valence-electron chi connectivity index (χ1n) is 7.36. The standard InChI is InChI=1S/C19H25N/c1-13-10-14(2)18(15(3)11-13)12-19(20)16(4)17-8-6-5-7-9-17/h5-11,16,19H,12,20H2,1-4H3. The summed E-state index contributed by atoms with van der Waals surface area (Å²) in [6.45, 7) is 8.75. The third-order valence-electron chi connectivity index (χ3n) is 4.25. The Morgan fingerprint density at radius 1 is 0.950 bits per heavy atom. The van der Waals surface area contributed by atoms with E-state index in [1.54, 1.807) is 0 Å². The molecule has 2 N–H and O–H groups in total. The molecule has 0 saturated heterocycles. The van der Waals surface area contributed by atoms with Gasteiger partial charge in [-0.3, -0.25) is 0 Å². The van der Waals surface area contributed by atoms with E-state index < -0.39 is 0 Å². The average molecular weight is 267 g/mol. The topological polar surface area (TPSA) is 26.0 Å². The van der Waals surface area contributed by atoms with Crippen LogP contribution >= 0.6 is 0 Å². The maximum atomic E-state index is 6.46. The van der Waals surface area contributed by atoms with E-state index in [1.807, 2.05) is 0 Å². The number of hydrogen-bond acceptors (Lipinski definition) is 1. The van der Waals surface area contributed by atoms with Crippen LogP contribution in [0.5, 0.6) is 0 Å². The molecule has 0 heterocycles. The van der Waals surface area contributed by atoms with Crippen molar-refractivity contribution in [3.05, 3.63) is 70.3 Å². The summed E-state index contributed by atoms with van der Waals surface area (Å²) >= 11 is 0. The highest BCUT2D eigenvalue weighted by molar-refractivity contribution is 5.38. The summed E-state index contributed by atoms with van der Waals surface area (Å²) in [5, 5.41) is 0. The van der Waals surface area contributed by atoms with Gasteiger partial charge in [-0.15, -0.1) is 0 Å². The van der Waals surface area contributed by atoms with E-state index in [2.05, 4.69) is 70.2 Å². The maximum Gasteiger partial charge on any atom is 0.0146 e. The highest BCUT2D eigenvalue weighted by Gasteiger charge is 2.17. The Hall–Kier alpha value is -1.60. The molecule has 0 fully saturated rings. The lowest BCUT2D eigenvalue weighted by Crippen LogP contribution is -2.29. The van der Waals surface area contributed by atoms with Crippen LogP contribution in [-0.2, 0) is 6.42 Å². The highest BCUT2D eigenvalue weighted by Crippen LogP contribution is 2.24. The lowest BCUT2D eigenvalue weighted by Gasteiger charge is -2.22. The minimum absolute atomic E-state index is 0.150. The molecule has 0 spiro atoms. The lowest BCUT2D eigenvalue weighted by molar-refractivity contribution is 0.561.